The molecule has 7 rings (SSSR count). The molecule has 8 heteroatoms. The first kappa shape index (κ1) is 16.3. The van der Waals surface area contributed by atoms with E-state index in [4.69, 9.17) is 15.0 Å². The van der Waals surface area contributed by atoms with E-state index < -0.39 is 11.9 Å². The number of fused-ring (bicyclic) bond motifs is 12. The quantitative estimate of drug-likeness (QED) is 0.450. The Morgan fingerprint density at radius 3 is 1.94 bits per heavy atom. The van der Waals surface area contributed by atoms with Gasteiger partial charge in [-0.25, -0.2) is 28.2 Å². The maximum Gasteiger partial charge on any atom is 0.314 e. The molecule has 0 spiro atoms. The minimum atomic E-state index is -0.897. The van der Waals surface area contributed by atoms with Crippen LogP contribution in [-0.2, 0) is 4.79 Å². The van der Waals surface area contributed by atoms with Gasteiger partial charge in [-0.1, -0.05) is 36.4 Å². The highest BCUT2D eigenvalue weighted by Gasteiger charge is 2.23. The third-order valence-corrected chi connectivity index (χ3v) is 5.82. The van der Waals surface area contributed by atoms with Crippen molar-refractivity contribution < 1.29 is 9.90 Å². The van der Waals surface area contributed by atoms with Crippen LogP contribution in [0.5, 0.6) is 0 Å². The number of rotatable bonds is 1. The van der Waals surface area contributed by atoms with E-state index in [0.717, 1.165) is 33.5 Å². The van der Waals surface area contributed by atoms with Gasteiger partial charge in [0.1, 0.15) is 0 Å². The Hall–Kier alpha value is -4.46. The van der Waals surface area contributed by atoms with Crippen LogP contribution < -0.4 is 0 Å². The van der Waals surface area contributed by atoms with Crippen LogP contribution in [-0.4, -0.2) is 39.2 Å². The summed E-state index contributed by atoms with van der Waals surface area (Å²) in [5.41, 5.74) is 5.08. The molecular weight excluding hydrogens is 392 g/mol. The molecule has 1 aliphatic rings. The smallest absolute Gasteiger partial charge is 0.314 e. The van der Waals surface area contributed by atoms with Crippen LogP contribution in [0.3, 0.4) is 0 Å². The molecule has 1 aliphatic carbocycles. The fourth-order valence-electron chi connectivity index (χ4n) is 4.41. The first-order chi connectivity index (χ1) is 15.2. The standard InChI is InChI=1S/C23H14N6O2/c30-20(31)13-9-11-16-19(12-10-13)29-22-25-15-6-2-3-7-17(15)27(22)21-24-14-5-1-4-8-18(14)28(21)23(29)26-16/h1-13H,(H,30,31). The summed E-state index contributed by atoms with van der Waals surface area (Å²) in [4.78, 5) is 26.2. The van der Waals surface area contributed by atoms with Gasteiger partial charge >= 0.3 is 5.97 Å². The van der Waals surface area contributed by atoms with Crippen LogP contribution in [0.15, 0.2) is 60.7 Å². The first-order valence-electron chi connectivity index (χ1n) is 9.89. The van der Waals surface area contributed by atoms with E-state index in [1.165, 1.54) is 0 Å². The highest BCUT2D eigenvalue weighted by Crippen LogP contribution is 2.29. The van der Waals surface area contributed by atoms with Gasteiger partial charge in [0.05, 0.1) is 39.4 Å². The topological polar surface area (TPSA) is 89.2 Å². The molecule has 31 heavy (non-hydrogen) atoms. The number of hydrogen-bond donors (Lipinski definition) is 1. The molecule has 1 unspecified atom stereocenters. The number of hydrogen-bond acceptors (Lipinski definition) is 4. The molecule has 0 radical (unpaired) electrons. The summed E-state index contributed by atoms with van der Waals surface area (Å²) in [6.45, 7) is 0. The van der Waals surface area contributed by atoms with Crippen LogP contribution in [0.4, 0.5) is 0 Å². The molecule has 2 aromatic carbocycles. The average Bonchev–Trinajstić information content (AvgIpc) is 3.40. The Kier molecular flexibility index (Phi) is 2.94. The molecule has 1 atom stereocenters. The van der Waals surface area contributed by atoms with Crippen LogP contribution in [0, 0.1) is 5.92 Å². The lowest BCUT2D eigenvalue weighted by molar-refractivity contribution is -0.138. The van der Waals surface area contributed by atoms with Gasteiger partial charge in [0, 0.05) is 0 Å². The second kappa shape index (κ2) is 5.57. The minimum absolute atomic E-state index is 0.680. The molecule has 0 saturated carbocycles. The SMILES string of the molecule is O=C(O)C1C=Cc2nc3n(c2C=C1)c1nc2ccccc2n1c1nc2ccccc2n31. The van der Waals surface area contributed by atoms with Crippen LogP contribution in [0.25, 0.3) is 51.6 Å². The van der Waals surface area contributed by atoms with E-state index in [0.29, 0.717) is 17.2 Å². The van der Waals surface area contributed by atoms with E-state index in [9.17, 15) is 9.90 Å². The third kappa shape index (κ3) is 2.03. The second-order valence-corrected chi connectivity index (χ2v) is 7.57. The van der Waals surface area contributed by atoms with Gasteiger partial charge < -0.3 is 5.11 Å². The van der Waals surface area contributed by atoms with Crippen LogP contribution in [0.1, 0.15) is 11.4 Å². The molecule has 0 saturated heterocycles. The molecule has 6 aromatic rings. The van der Waals surface area contributed by atoms with E-state index in [1.807, 2.05) is 67.8 Å². The molecule has 0 bridgehead atoms. The number of benzene rings is 2. The predicted molar refractivity (Wildman–Crippen MR) is 117 cm³/mol. The predicted octanol–water partition coefficient (Wildman–Crippen LogP) is 3.68. The van der Waals surface area contributed by atoms with Crippen molar-refractivity contribution in [3.63, 3.8) is 0 Å². The Labute approximate surface area is 174 Å². The molecule has 0 aliphatic heterocycles. The molecule has 8 nitrogen and oxygen atoms in total. The maximum atomic E-state index is 11.5. The number of nitrogens with zero attached hydrogens (tertiary/aromatic N) is 6. The van der Waals surface area contributed by atoms with E-state index in [1.54, 1.807) is 18.2 Å². The first-order valence-corrected chi connectivity index (χ1v) is 9.89. The maximum absolute atomic E-state index is 11.5. The van der Waals surface area contributed by atoms with E-state index in [2.05, 4.69) is 0 Å². The number of carbonyl (C=O) groups is 1. The lowest BCUT2D eigenvalue weighted by Crippen LogP contribution is -2.07. The monoisotopic (exact) mass is 406 g/mol. The molecule has 1 N–H and O–H groups in total. The molecule has 0 amide bonds. The van der Waals surface area contributed by atoms with Gasteiger partial charge in [0.2, 0.25) is 17.3 Å². The number of para-hydroxylation sites is 4. The number of carboxylic acid groups (broad SMARTS) is 1. The fourth-order valence-corrected chi connectivity index (χ4v) is 4.41. The van der Waals surface area contributed by atoms with Crippen molar-refractivity contribution in [2.75, 3.05) is 0 Å². The number of imidazole rings is 3. The molecule has 148 valence electrons. The largest absolute Gasteiger partial charge is 0.481 e. The average molecular weight is 406 g/mol. The van der Waals surface area contributed by atoms with Crippen molar-refractivity contribution in [2.45, 2.75) is 0 Å². The normalized spacial score (nSPS) is 16.1. The van der Waals surface area contributed by atoms with Gasteiger partial charge in [0.25, 0.3) is 0 Å². The van der Waals surface area contributed by atoms with Crippen LogP contribution >= 0.6 is 0 Å². The summed E-state index contributed by atoms with van der Waals surface area (Å²) in [5, 5.41) is 9.43. The van der Waals surface area contributed by atoms with Gasteiger partial charge in [-0.2, -0.15) is 0 Å². The van der Waals surface area contributed by atoms with E-state index in [-0.39, 0.29) is 0 Å². The Bertz CT molecular complexity index is 1780. The third-order valence-electron chi connectivity index (χ3n) is 5.82. The van der Waals surface area contributed by atoms with Crippen molar-refractivity contribution in [1.29, 1.82) is 0 Å². The summed E-state index contributed by atoms with van der Waals surface area (Å²) in [6, 6.07) is 15.9. The van der Waals surface area contributed by atoms with Crippen molar-refractivity contribution in [2.24, 2.45) is 5.92 Å². The Balaban J connectivity index is 1.76. The summed E-state index contributed by atoms with van der Waals surface area (Å²) in [7, 11) is 0. The Morgan fingerprint density at radius 1 is 0.742 bits per heavy atom. The number of carboxylic acids is 1. The van der Waals surface area contributed by atoms with Gasteiger partial charge in [0.15, 0.2) is 0 Å². The van der Waals surface area contributed by atoms with E-state index >= 15 is 0 Å². The zero-order chi connectivity index (χ0) is 20.7. The summed E-state index contributed by atoms with van der Waals surface area (Å²) < 4.78 is 6.03. The lowest BCUT2D eigenvalue weighted by Gasteiger charge is -2.06. The summed E-state index contributed by atoms with van der Waals surface area (Å²) in [5.74, 6) is 0.497. The van der Waals surface area contributed by atoms with Gasteiger partial charge in [-0.3, -0.25) is 4.79 Å². The molecular formula is C23H14N6O2. The summed E-state index contributed by atoms with van der Waals surface area (Å²) in [6.07, 6.45) is 6.91. The molecule has 4 aromatic heterocycles. The highest BCUT2D eigenvalue weighted by atomic mass is 16.4. The minimum Gasteiger partial charge on any atom is -0.481 e. The highest BCUT2D eigenvalue weighted by molar-refractivity contribution is 5.88. The van der Waals surface area contributed by atoms with Gasteiger partial charge in [-0.05, 0) is 36.4 Å². The van der Waals surface area contributed by atoms with Crippen molar-refractivity contribution in [3.05, 3.63) is 72.1 Å². The number of aliphatic carboxylic acids is 1. The number of aromatic nitrogens is 6. The lowest BCUT2D eigenvalue weighted by atomic mass is 10.1. The van der Waals surface area contributed by atoms with Crippen molar-refractivity contribution in [3.8, 4) is 0 Å². The van der Waals surface area contributed by atoms with Crippen LogP contribution in [0.2, 0.25) is 0 Å². The zero-order valence-electron chi connectivity index (χ0n) is 16.0. The Morgan fingerprint density at radius 2 is 1.29 bits per heavy atom. The zero-order valence-corrected chi connectivity index (χ0v) is 16.0. The molecule has 0 fully saturated rings. The van der Waals surface area contributed by atoms with Crippen molar-refractivity contribution in [1.82, 2.24) is 28.2 Å². The fraction of sp³-hybridized carbons (Fsp3) is 0.0435. The molecule has 4 heterocycles. The summed E-state index contributed by atoms with van der Waals surface area (Å²) >= 11 is 0. The van der Waals surface area contributed by atoms with Crippen molar-refractivity contribution >= 4 is 57.5 Å². The second-order valence-electron chi connectivity index (χ2n) is 7.57. The van der Waals surface area contributed by atoms with Gasteiger partial charge in [-0.15, -0.1) is 0 Å².